The first-order valence-corrected chi connectivity index (χ1v) is 12.9. The average Bonchev–Trinajstić information content (AvgIpc) is 3.24. The maximum absolute atomic E-state index is 12.3. The highest BCUT2D eigenvalue weighted by atomic mass is 32.2. The van der Waals surface area contributed by atoms with Crippen molar-refractivity contribution in [3.05, 3.63) is 107 Å². The summed E-state index contributed by atoms with van der Waals surface area (Å²) in [5, 5.41) is 20.1. The number of carboxylic acids is 2. The van der Waals surface area contributed by atoms with Crippen LogP contribution in [0.25, 0.3) is 11.1 Å². The molecule has 6 nitrogen and oxygen atoms in total. The van der Waals surface area contributed by atoms with Crippen molar-refractivity contribution in [3.63, 3.8) is 0 Å². The number of hydrogen-bond acceptors (Lipinski definition) is 4. The van der Waals surface area contributed by atoms with E-state index in [2.05, 4.69) is 6.92 Å². The van der Waals surface area contributed by atoms with Crippen molar-refractivity contribution < 1.29 is 19.8 Å². The van der Waals surface area contributed by atoms with Gasteiger partial charge in [0.25, 0.3) is 0 Å². The van der Waals surface area contributed by atoms with Crippen LogP contribution in [0.1, 0.15) is 57.6 Å². The number of aryl methyl sites for hydroxylation is 1. The van der Waals surface area contributed by atoms with Gasteiger partial charge in [0.15, 0.2) is 5.69 Å². The molecule has 0 aliphatic rings. The number of thioether (sulfide) groups is 1. The van der Waals surface area contributed by atoms with Crippen molar-refractivity contribution in [3.8, 4) is 11.1 Å². The SMILES string of the molecule is CCCCc1nc(SCc2ccccc2)c(C(=O)O)n1Cc1ccc(-c2ccccc2C(=O)O)cc1. The monoisotopic (exact) mass is 500 g/mol. The molecule has 0 aliphatic carbocycles. The minimum atomic E-state index is -0.993. The van der Waals surface area contributed by atoms with Gasteiger partial charge in [0.1, 0.15) is 10.9 Å². The van der Waals surface area contributed by atoms with Crippen LogP contribution in [0.3, 0.4) is 0 Å². The van der Waals surface area contributed by atoms with Gasteiger partial charge in [0.2, 0.25) is 0 Å². The molecule has 36 heavy (non-hydrogen) atoms. The molecule has 0 saturated heterocycles. The van der Waals surface area contributed by atoms with Crippen LogP contribution in [-0.2, 0) is 18.7 Å². The molecule has 4 rings (SSSR count). The van der Waals surface area contributed by atoms with Crippen LogP contribution in [0.2, 0.25) is 0 Å². The summed E-state index contributed by atoms with van der Waals surface area (Å²) in [6.45, 7) is 2.48. The summed E-state index contributed by atoms with van der Waals surface area (Å²) >= 11 is 1.44. The Morgan fingerprint density at radius 2 is 1.56 bits per heavy atom. The summed E-state index contributed by atoms with van der Waals surface area (Å²) in [7, 11) is 0. The smallest absolute Gasteiger partial charge is 0.355 e. The zero-order valence-corrected chi connectivity index (χ0v) is 20.9. The second kappa shape index (κ2) is 11.7. The van der Waals surface area contributed by atoms with Gasteiger partial charge in [-0.15, -0.1) is 0 Å². The van der Waals surface area contributed by atoms with Gasteiger partial charge in [0, 0.05) is 18.7 Å². The van der Waals surface area contributed by atoms with Crippen molar-refractivity contribution in [2.45, 2.75) is 43.5 Å². The van der Waals surface area contributed by atoms with Gasteiger partial charge in [-0.3, -0.25) is 0 Å². The number of aromatic nitrogens is 2. The molecular weight excluding hydrogens is 472 g/mol. The lowest BCUT2D eigenvalue weighted by Crippen LogP contribution is -2.13. The van der Waals surface area contributed by atoms with Crippen molar-refractivity contribution >= 4 is 23.7 Å². The van der Waals surface area contributed by atoms with Gasteiger partial charge in [-0.2, -0.15) is 0 Å². The van der Waals surface area contributed by atoms with E-state index in [0.29, 0.717) is 29.3 Å². The molecule has 1 aromatic heterocycles. The van der Waals surface area contributed by atoms with E-state index in [1.165, 1.54) is 11.8 Å². The van der Waals surface area contributed by atoms with E-state index >= 15 is 0 Å². The highest BCUT2D eigenvalue weighted by Crippen LogP contribution is 2.29. The lowest BCUT2D eigenvalue weighted by Gasteiger charge is -2.12. The number of carboxylic acid groups (broad SMARTS) is 2. The minimum absolute atomic E-state index is 0.210. The van der Waals surface area contributed by atoms with Crippen molar-refractivity contribution in [1.29, 1.82) is 0 Å². The predicted molar refractivity (Wildman–Crippen MR) is 142 cm³/mol. The van der Waals surface area contributed by atoms with Crippen LogP contribution in [-0.4, -0.2) is 31.7 Å². The molecule has 0 atom stereocenters. The predicted octanol–water partition coefficient (Wildman–Crippen LogP) is 6.63. The number of unbranched alkanes of at least 4 members (excludes halogenated alkanes) is 1. The fraction of sp³-hybridized carbons (Fsp3) is 0.207. The van der Waals surface area contributed by atoms with E-state index in [4.69, 9.17) is 4.98 Å². The molecule has 0 bridgehead atoms. The molecular formula is C29H28N2O4S. The molecule has 2 N–H and O–H groups in total. The second-order valence-electron chi connectivity index (χ2n) is 8.50. The van der Waals surface area contributed by atoms with Crippen molar-refractivity contribution in [2.75, 3.05) is 0 Å². The van der Waals surface area contributed by atoms with Gasteiger partial charge < -0.3 is 14.8 Å². The Labute approximate surface area is 214 Å². The lowest BCUT2D eigenvalue weighted by atomic mass is 9.99. The molecule has 0 spiro atoms. The van der Waals surface area contributed by atoms with E-state index in [9.17, 15) is 19.8 Å². The number of rotatable bonds is 11. The zero-order chi connectivity index (χ0) is 25.5. The Balaban J connectivity index is 1.64. The van der Waals surface area contributed by atoms with Crippen molar-refractivity contribution in [2.24, 2.45) is 0 Å². The van der Waals surface area contributed by atoms with Crippen LogP contribution in [0.5, 0.6) is 0 Å². The molecule has 0 saturated carbocycles. The zero-order valence-electron chi connectivity index (χ0n) is 20.1. The van der Waals surface area contributed by atoms with Crippen LogP contribution in [0.4, 0.5) is 0 Å². The van der Waals surface area contributed by atoms with Crippen LogP contribution in [0.15, 0.2) is 83.9 Å². The molecule has 184 valence electrons. The fourth-order valence-corrected chi connectivity index (χ4v) is 5.10. The van der Waals surface area contributed by atoms with Gasteiger partial charge >= 0.3 is 11.9 Å². The normalized spacial score (nSPS) is 10.9. The van der Waals surface area contributed by atoms with Crippen LogP contribution in [0, 0.1) is 0 Å². The summed E-state index contributed by atoms with van der Waals surface area (Å²) in [6, 6.07) is 24.4. The second-order valence-corrected chi connectivity index (χ2v) is 9.46. The molecule has 4 aromatic rings. The Bertz CT molecular complexity index is 1350. The molecule has 0 fully saturated rings. The Morgan fingerprint density at radius 3 is 2.22 bits per heavy atom. The number of hydrogen-bond donors (Lipinski definition) is 2. The van der Waals surface area contributed by atoms with Crippen LogP contribution < -0.4 is 0 Å². The topological polar surface area (TPSA) is 92.4 Å². The Morgan fingerprint density at radius 1 is 0.861 bits per heavy atom. The largest absolute Gasteiger partial charge is 0.478 e. The summed E-state index contributed by atoms with van der Waals surface area (Å²) in [5.74, 6) is -0.554. The van der Waals surface area contributed by atoms with E-state index in [0.717, 1.165) is 35.4 Å². The quantitative estimate of drug-likeness (QED) is 0.225. The third kappa shape index (κ3) is 5.86. The van der Waals surface area contributed by atoms with Gasteiger partial charge in [0.05, 0.1) is 5.56 Å². The molecule has 0 unspecified atom stereocenters. The first-order chi connectivity index (χ1) is 17.5. The van der Waals surface area contributed by atoms with E-state index in [1.807, 2.05) is 65.2 Å². The third-order valence-electron chi connectivity index (χ3n) is 5.95. The maximum atomic E-state index is 12.3. The molecule has 0 radical (unpaired) electrons. The molecule has 0 aliphatic heterocycles. The molecule has 7 heteroatoms. The Hall–Kier alpha value is -3.84. The molecule has 0 amide bonds. The highest BCUT2D eigenvalue weighted by molar-refractivity contribution is 7.98. The van der Waals surface area contributed by atoms with E-state index in [-0.39, 0.29) is 11.3 Å². The molecule has 1 heterocycles. The summed E-state index contributed by atoms with van der Waals surface area (Å²) in [6.07, 6.45) is 2.61. The number of nitrogens with zero attached hydrogens (tertiary/aromatic N) is 2. The Kier molecular flexibility index (Phi) is 8.23. The maximum Gasteiger partial charge on any atom is 0.355 e. The summed E-state index contributed by atoms with van der Waals surface area (Å²) < 4.78 is 1.81. The average molecular weight is 501 g/mol. The number of imidazole rings is 1. The van der Waals surface area contributed by atoms with E-state index < -0.39 is 11.9 Å². The standard InChI is InChI=1S/C29H28N2O4S/c1-2-3-13-25-30-27(36-19-21-9-5-4-6-10-21)26(29(34)35)31(25)18-20-14-16-22(17-15-20)23-11-7-8-12-24(23)28(32)33/h4-12,14-17H,2-3,13,18-19H2,1H3,(H,32,33)(H,34,35). The number of aromatic carboxylic acids is 2. The number of benzene rings is 3. The number of carbonyl (C=O) groups is 2. The van der Waals surface area contributed by atoms with Gasteiger partial charge in [-0.25, -0.2) is 14.6 Å². The highest BCUT2D eigenvalue weighted by Gasteiger charge is 2.23. The van der Waals surface area contributed by atoms with Gasteiger partial charge in [-0.05, 0) is 34.7 Å². The first kappa shape index (κ1) is 25.3. The third-order valence-corrected chi connectivity index (χ3v) is 6.99. The summed E-state index contributed by atoms with van der Waals surface area (Å²) in [4.78, 5) is 28.7. The van der Waals surface area contributed by atoms with Crippen molar-refractivity contribution in [1.82, 2.24) is 9.55 Å². The fourth-order valence-electron chi connectivity index (χ4n) is 4.10. The van der Waals surface area contributed by atoms with Gasteiger partial charge in [-0.1, -0.05) is 97.9 Å². The summed E-state index contributed by atoms with van der Waals surface area (Å²) in [5.41, 5.74) is 3.93. The molecule has 3 aromatic carbocycles. The van der Waals surface area contributed by atoms with E-state index in [1.54, 1.807) is 18.2 Å². The lowest BCUT2D eigenvalue weighted by molar-refractivity contribution is 0.0675. The first-order valence-electron chi connectivity index (χ1n) is 11.9. The van der Waals surface area contributed by atoms with Crippen LogP contribution >= 0.6 is 11.8 Å². The minimum Gasteiger partial charge on any atom is -0.478 e.